The molecular weight excluding hydrogens is 372 g/mol. The molecule has 29 heavy (non-hydrogen) atoms. The van der Waals surface area contributed by atoms with Gasteiger partial charge < -0.3 is 0 Å². The molecule has 4 aromatic rings. The van der Waals surface area contributed by atoms with Crippen molar-refractivity contribution >= 4 is 11.6 Å². The number of halogens is 1. The van der Waals surface area contributed by atoms with Crippen molar-refractivity contribution in [3.05, 3.63) is 129 Å². The zero-order valence-electron chi connectivity index (χ0n) is 16.5. The van der Waals surface area contributed by atoms with Gasteiger partial charge in [0.2, 0.25) is 0 Å². The maximum Gasteiger partial charge on any atom is 0.0720 e. The average molecular weight is 393 g/mol. The topological polar surface area (TPSA) is 0 Å². The first kappa shape index (κ1) is 17.1. The summed E-state index contributed by atoms with van der Waals surface area (Å²) < 4.78 is 0. The molecule has 4 aromatic carbocycles. The van der Waals surface area contributed by atoms with Gasteiger partial charge in [0.25, 0.3) is 0 Å². The minimum absolute atomic E-state index is 0.165. The maximum atomic E-state index is 6.91. The second kappa shape index (κ2) is 5.62. The zero-order chi connectivity index (χ0) is 19.8. The number of hydrogen-bond donors (Lipinski definition) is 0. The summed E-state index contributed by atoms with van der Waals surface area (Å²) in [5.41, 5.74) is 10.1. The van der Waals surface area contributed by atoms with Gasteiger partial charge >= 0.3 is 0 Å². The number of rotatable bonds is 0. The van der Waals surface area contributed by atoms with Crippen molar-refractivity contribution in [2.75, 3.05) is 0 Å². The quantitative estimate of drug-likeness (QED) is 0.258. The van der Waals surface area contributed by atoms with Crippen LogP contribution < -0.4 is 0 Å². The van der Waals surface area contributed by atoms with Crippen molar-refractivity contribution < 1.29 is 0 Å². The Morgan fingerprint density at radius 1 is 0.517 bits per heavy atom. The van der Waals surface area contributed by atoms with Crippen LogP contribution in [0.1, 0.15) is 47.2 Å². The second-order valence-electron chi connectivity index (χ2n) is 8.67. The van der Waals surface area contributed by atoms with Gasteiger partial charge in [0.15, 0.2) is 0 Å². The van der Waals surface area contributed by atoms with Gasteiger partial charge in [-0.15, -0.1) is 0 Å². The van der Waals surface area contributed by atoms with Crippen LogP contribution >= 0.6 is 11.6 Å². The summed E-state index contributed by atoms with van der Waals surface area (Å²) in [5.74, 6) is 0. The van der Waals surface area contributed by atoms with E-state index in [9.17, 15) is 0 Å². The fourth-order valence-electron chi connectivity index (χ4n) is 5.92. The van der Waals surface area contributed by atoms with E-state index in [-0.39, 0.29) is 10.8 Å². The average Bonchev–Trinajstić information content (AvgIpc) is 3.04. The Balaban J connectivity index is 1.90. The Morgan fingerprint density at radius 3 is 1.62 bits per heavy atom. The molecule has 0 amide bonds. The Kier molecular flexibility index (Phi) is 3.30. The summed E-state index contributed by atoms with van der Waals surface area (Å²) in [7, 11) is 0. The van der Waals surface area contributed by atoms with Crippen LogP contribution in [0.5, 0.6) is 0 Å². The molecule has 0 saturated carbocycles. The van der Waals surface area contributed by atoms with E-state index in [2.05, 4.69) is 98.8 Å². The predicted octanol–water partition coefficient (Wildman–Crippen LogP) is 7.34. The van der Waals surface area contributed by atoms with E-state index in [1.807, 2.05) is 6.07 Å². The third-order valence-corrected chi connectivity index (χ3v) is 7.31. The molecule has 0 aliphatic heterocycles. The standard InChI is InChI=1S/C28H21Cl/c1-27(2)22-14-7-8-15-23(22)28(24-16-9-17-25(29)26(24)27)20-12-5-3-10-18(20)19-11-4-6-13-21(19)28/h3-17H,1-2H3. The van der Waals surface area contributed by atoms with Crippen LogP contribution in [0, 0.1) is 0 Å². The molecule has 1 spiro atoms. The highest BCUT2D eigenvalue weighted by molar-refractivity contribution is 6.31. The van der Waals surface area contributed by atoms with E-state index in [0.29, 0.717) is 0 Å². The van der Waals surface area contributed by atoms with Crippen LogP contribution in [0.15, 0.2) is 91.0 Å². The molecule has 0 saturated heterocycles. The third kappa shape index (κ3) is 1.91. The summed E-state index contributed by atoms with van der Waals surface area (Å²) in [4.78, 5) is 0. The first-order chi connectivity index (χ1) is 14.1. The van der Waals surface area contributed by atoms with Gasteiger partial charge in [-0.25, -0.2) is 0 Å². The summed E-state index contributed by atoms with van der Waals surface area (Å²) in [6.07, 6.45) is 0. The van der Waals surface area contributed by atoms with Crippen molar-refractivity contribution in [1.82, 2.24) is 0 Å². The zero-order valence-corrected chi connectivity index (χ0v) is 17.3. The van der Waals surface area contributed by atoms with Crippen molar-refractivity contribution in [2.24, 2.45) is 0 Å². The van der Waals surface area contributed by atoms with Crippen molar-refractivity contribution in [3.63, 3.8) is 0 Å². The fraction of sp³-hybridized carbons (Fsp3) is 0.143. The molecule has 140 valence electrons. The van der Waals surface area contributed by atoms with Crippen LogP contribution in [0.25, 0.3) is 11.1 Å². The lowest BCUT2D eigenvalue weighted by atomic mass is 9.55. The smallest absolute Gasteiger partial charge is 0.0720 e. The van der Waals surface area contributed by atoms with Crippen LogP contribution in [-0.2, 0) is 10.8 Å². The molecule has 0 N–H and O–H groups in total. The van der Waals surface area contributed by atoms with Crippen LogP contribution in [0.4, 0.5) is 0 Å². The maximum absolute atomic E-state index is 6.91. The van der Waals surface area contributed by atoms with Gasteiger partial charge in [0, 0.05) is 10.4 Å². The molecule has 0 atom stereocenters. The minimum atomic E-state index is -0.334. The van der Waals surface area contributed by atoms with Crippen molar-refractivity contribution in [3.8, 4) is 11.1 Å². The van der Waals surface area contributed by atoms with Crippen LogP contribution in [0.3, 0.4) is 0 Å². The number of fused-ring (bicyclic) bond motifs is 9. The molecule has 0 aromatic heterocycles. The molecule has 0 fully saturated rings. The van der Waals surface area contributed by atoms with E-state index >= 15 is 0 Å². The highest BCUT2D eigenvalue weighted by Gasteiger charge is 2.53. The second-order valence-corrected chi connectivity index (χ2v) is 9.08. The highest BCUT2D eigenvalue weighted by Crippen LogP contribution is 2.62. The molecule has 2 aliphatic carbocycles. The predicted molar refractivity (Wildman–Crippen MR) is 121 cm³/mol. The van der Waals surface area contributed by atoms with Gasteiger partial charge in [0.05, 0.1) is 5.41 Å². The van der Waals surface area contributed by atoms with E-state index in [4.69, 9.17) is 11.6 Å². The lowest BCUT2D eigenvalue weighted by Crippen LogP contribution is -2.40. The van der Waals surface area contributed by atoms with Crippen LogP contribution in [-0.4, -0.2) is 0 Å². The Labute approximate surface area is 176 Å². The largest absolute Gasteiger partial charge is 0.0840 e. The fourth-order valence-corrected chi connectivity index (χ4v) is 6.33. The minimum Gasteiger partial charge on any atom is -0.0840 e. The van der Waals surface area contributed by atoms with Gasteiger partial charge in [0.1, 0.15) is 0 Å². The highest BCUT2D eigenvalue weighted by atomic mass is 35.5. The normalized spacial score (nSPS) is 16.7. The summed E-state index contributed by atoms with van der Waals surface area (Å²) in [6.45, 7) is 4.60. The van der Waals surface area contributed by atoms with Gasteiger partial charge in [-0.2, -0.15) is 0 Å². The number of benzene rings is 4. The Hall–Kier alpha value is -2.83. The molecule has 1 heteroatoms. The van der Waals surface area contributed by atoms with Crippen LogP contribution in [0.2, 0.25) is 5.02 Å². The number of hydrogen-bond acceptors (Lipinski definition) is 0. The van der Waals surface area contributed by atoms with E-state index in [1.54, 1.807) is 0 Å². The third-order valence-electron chi connectivity index (χ3n) is 7.00. The summed E-state index contributed by atoms with van der Waals surface area (Å²) >= 11 is 6.91. The molecule has 2 aliphatic rings. The van der Waals surface area contributed by atoms with Crippen molar-refractivity contribution in [2.45, 2.75) is 24.7 Å². The Bertz CT molecular complexity index is 1250. The molecule has 6 rings (SSSR count). The van der Waals surface area contributed by atoms with E-state index < -0.39 is 0 Å². The van der Waals surface area contributed by atoms with Gasteiger partial charge in [-0.05, 0) is 50.6 Å². The molecule has 0 nitrogen and oxygen atoms in total. The summed E-state index contributed by atoms with van der Waals surface area (Å²) in [6, 6.07) is 33.1. The monoisotopic (exact) mass is 392 g/mol. The molecule has 0 heterocycles. The van der Waals surface area contributed by atoms with Gasteiger partial charge in [-0.1, -0.05) is 110 Å². The lowest BCUT2D eigenvalue weighted by Gasteiger charge is -2.47. The molecular formula is C28H21Cl. The van der Waals surface area contributed by atoms with E-state index in [0.717, 1.165) is 5.02 Å². The molecule has 0 radical (unpaired) electrons. The first-order valence-corrected chi connectivity index (χ1v) is 10.5. The SMILES string of the molecule is CC1(C)c2ccccc2C2(c3ccccc3-c3ccccc32)c2cccc(Cl)c21. The molecule has 0 bridgehead atoms. The summed E-state index contributed by atoms with van der Waals surface area (Å²) in [5, 5.41) is 0.850. The van der Waals surface area contributed by atoms with E-state index in [1.165, 1.54) is 44.5 Å². The Morgan fingerprint density at radius 2 is 1.00 bits per heavy atom. The van der Waals surface area contributed by atoms with Gasteiger partial charge in [-0.3, -0.25) is 0 Å². The first-order valence-electron chi connectivity index (χ1n) is 10.2. The van der Waals surface area contributed by atoms with Crippen molar-refractivity contribution in [1.29, 1.82) is 0 Å². The lowest BCUT2D eigenvalue weighted by molar-refractivity contribution is 0.563. The molecule has 0 unspecified atom stereocenters.